The molecule has 0 aromatic carbocycles. The van der Waals surface area contributed by atoms with Gasteiger partial charge in [-0.2, -0.15) is 0 Å². The standard InChI is InChI=1S/C14H25N/c1-13(2,3)8-11-7-12(15-10-11)9-14(4,5)6/h10H,7-9H2,1-6H3. The van der Waals surface area contributed by atoms with Gasteiger partial charge in [0.2, 0.25) is 0 Å². The van der Waals surface area contributed by atoms with E-state index < -0.39 is 0 Å². The van der Waals surface area contributed by atoms with Crippen LogP contribution >= 0.6 is 0 Å². The molecular formula is C14H25N. The van der Waals surface area contributed by atoms with Crippen molar-refractivity contribution in [2.45, 2.75) is 60.8 Å². The van der Waals surface area contributed by atoms with Gasteiger partial charge >= 0.3 is 0 Å². The van der Waals surface area contributed by atoms with Crippen LogP contribution in [0.25, 0.3) is 0 Å². The van der Waals surface area contributed by atoms with Crippen LogP contribution < -0.4 is 0 Å². The van der Waals surface area contributed by atoms with Gasteiger partial charge in [-0.15, -0.1) is 0 Å². The highest BCUT2D eigenvalue weighted by atomic mass is 14.7. The Morgan fingerprint density at radius 2 is 1.53 bits per heavy atom. The minimum atomic E-state index is 0.365. The Morgan fingerprint density at radius 1 is 1.00 bits per heavy atom. The zero-order valence-corrected chi connectivity index (χ0v) is 11.1. The maximum absolute atomic E-state index is 4.54. The Morgan fingerprint density at radius 3 is 2.00 bits per heavy atom. The fourth-order valence-corrected chi connectivity index (χ4v) is 2.05. The summed E-state index contributed by atoms with van der Waals surface area (Å²) in [7, 11) is 0. The summed E-state index contributed by atoms with van der Waals surface area (Å²) >= 11 is 0. The van der Waals surface area contributed by atoms with Gasteiger partial charge in [0.15, 0.2) is 0 Å². The molecule has 1 rings (SSSR count). The van der Waals surface area contributed by atoms with E-state index in [9.17, 15) is 0 Å². The lowest BCUT2D eigenvalue weighted by molar-refractivity contribution is 0.407. The van der Waals surface area contributed by atoms with Crippen molar-refractivity contribution in [2.24, 2.45) is 15.8 Å². The van der Waals surface area contributed by atoms with Crippen molar-refractivity contribution in [2.75, 3.05) is 0 Å². The van der Waals surface area contributed by atoms with E-state index in [-0.39, 0.29) is 0 Å². The van der Waals surface area contributed by atoms with Crippen LogP contribution in [0.15, 0.2) is 16.8 Å². The minimum absolute atomic E-state index is 0.365. The fraction of sp³-hybridized carbons (Fsp3) is 0.786. The van der Waals surface area contributed by atoms with Crippen molar-refractivity contribution < 1.29 is 0 Å². The van der Waals surface area contributed by atoms with Crippen LogP contribution in [0.2, 0.25) is 0 Å². The monoisotopic (exact) mass is 207 g/mol. The van der Waals surface area contributed by atoms with Crippen LogP contribution in [0.1, 0.15) is 60.8 Å². The van der Waals surface area contributed by atoms with Gasteiger partial charge in [-0.25, -0.2) is 0 Å². The van der Waals surface area contributed by atoms with E-state index in [0.29, 0.717) is 10.8 Å². The van der Waals surface area contributed by atoms with Crippen LogP contribution in [-0.2, 0) is 0 Å². The molecule has 0 N–H and O–H groups in total. The SMILES string of the molecule is CC(C)(C)CC1=CN=C(CC(C)(C)C)C1. The summed E-state index contributed by atoms with van der Waals surface area (Å²) in [6, 6.07) is 0. The first-order chi connectivity index (χ1) is 6.66. The second kappa shape index (κ2) is 4.11. The van der Waals surface area contributed by atoms with Crippen molar-refractivity contribution in [3.8, 4) is 0 Å². The molecule has 0 bridgehead atoms. The predicted octanol–water partition coefficient (Wildman–Crippen LogP) is 4.59. The van der Waals surface area contributed by atoms with Gasteiger partial charge in [-0.05, 0) is 29.2 Å². The highest BCUT2D eigenvalue weighted by Crippen LogP contribution is 2.31. The van der Waals surface area contributed by atoms with Crippen molar-refractivity contribution in [1.82, 2.24) is 0 Å². The molecule has 0 aromatic heterocycles. The van der Waals surface area contributed by atoms with E-state index in [4.69, 9.17) is 0 Å². The first-order valence-corrected chi connectivity index (χ1v) is 5.89. The quantitative estimate of drug-likeness (QED) is 0.628. The lowest BCUT2D eigenvalue weighted by Crippen LogP contribution is -2.13. The van der Waals surface area contributed by atoms with Crippen LogP contribution in [-0.4, -0.2) is 5.71 Å². The summed E-state index contributed by atoms with van der Waals surface area (Å²) in [6.07, 6.45) is 5.49. The molecular weight excluding hydrogens is 182 g/mol. The third-order valence-electron chi connectivity index (χ3n) is 2.35. The van der Waals surface area contributed by atoms with Crippen LogP contribution in [0, 0.1) is 10.8 Å². The highest BCUT2D eigenvalue weighted by molar-refractivity contribution is 5.89. The van der Waals surface area contributed by atoms with Crippen molar-refractivity contribution in [3.63, 3.8) is 0 Å². The molecule has 0 saturated heterocycles. The molecule has 0 aromatic rings. The Balaban J connectivity index is 2.43. The number of hydrogen-bond acceptors (Lipinski definition) is 1. The van der Waals surface area contributed by atoms with E-state index in [1.165, 1.54) is 17.7 Å². The number of nitrogens with zero attached hydrogens (tertiary/aromatic N) is 1. The van der Waals surface area contributed by atoms with Crippen LogP contribution in [0.3, 0.4) is 0 Å². The third kappa shape index (κ3) is 5.15. The number of allylic oxidation sites excluding steroid dienone is 1. The zero-order chi connectivity index (χ0) is 11.7. The maximum atomic E-state index is 4.54. The van der Waals surface area contributed by atoms with Gasteiger partial charge in [0.1, 0.15) is 0 Å². The van der Waals surface area contributed by atoms with Gasteiger partial charge < -0.3 is 0 Å². The molecule has 0 spiro atoms. The molecule has 15 heavy (non-hydrogen) atoms. The van der Waals surface area contributed by atoms with Crippen molar-refractivity contribution in [3.05, 3.63) is 11.8 Å². The van der Waals surface area contributed by atoms with E-state index in [1.807, 2.05) is 0 Å². The van der Waals surface area contributed by atoms with E-state index in [1.54, 1.807) is 0 Å². The molecule has 0 amide bonds. The second-order valence-electron chi connectivity index (χ2n) is 7.13. The van der Waals surface area contributed by atoms with Crippen LogP contribution in [0.4, 0.5) is 0 Å². The van der Waals surface area contributed by atoms with Crippen molar-refractivity contribution >= 4 is 5.71 Å². The molecule has 0 atom stereocenters. The average molecular weight is 207 g/mol. The summed E-state index contributed by atoms with van der Waals surface area (Å²) in [5.41, 5.74) is 3.62. The summed E-state index contributed by atoms with van der Waals surface area (Å²) in [6.45, 7) is 13.7. The first kappa shape index (κ1) is 12.5. The number of rotatable bonds is 2. The first-order valence-electron chi connectivity index (χ1n) is 5.89. The molecule has 1 heteroatoms. The largest absolute Gasteiger partial charge is 0.265 e. The second-order valence-corrected chi connectivity index (χ2v) is 7.13. The molecule has 86 valence electrons. The smallest absolute Gasteiger partial charge is 0.0263 e. The summed E-state index contributed by atoms with van der Waals surface area (Å²) in [5.74, 6) is 0. The Hall–Kier alpha value is -0.590. The van der Waals surface area contributed by atoms with Gasteiger partial charge in [-0.1, -0.05) is 41.5 Å². The lowest BCUT2D eigenvalue weighted by Gasteiger charge is -2.20. The third-order valence-corrected chi connectivity index (χ3v) is 2.35. The summed E-state index contributed by atoms with van der Waals surface area (Å²) in [4.78, 5) is 4.54. The molecule has 0 radical (unpaired) electrons. The lowest BCUT2D eigenvalue weighted by atomic mass is 9.84. The predicted molar refractivity (Wildman–Crippen MR) is 68.3 cm³/mol. The summed E-state index contributed by atoms with van der Waals surface area (Å²) < 4.78 is 0. The van der Waals surface area contributed by atoms with Crippen LogP contribution in [0.5, 0.6) is 0 Å². The Kier molecular flexibility index (Phi) is 3.42. The van der Waals surface area contributed by atoms with Gasteiger partial charge in [0.25, 0.3) is 0 Å². The average Bonchev–Trinajstić information content (AvgIpc) is 2.28. The Bertz CT molecular complexity index is 251. The molecule has 1 nitrogen and oxygen atoms in total. The zero-order valence-electron chi connectivity index (χ0n) is 11.1. The molecule has 1 aliphatic heterocycles. The molecule has 0 aliphatic carbocycles. The normalized spacial score (nSPS) is 17.7. The van der Waals surface area contributed by atoms with Gasteiger partial charge in [-0.3, -0.25) is 4.99 Å². The van der Waals surface area contributed by atoms with E-state index in [0.717, 1.165) is 12.8 Å². The molecule has 0 saturated carbocycles. The Labute approximate surface area is 94.7 Å². The van der Waals surface area contributed by atoms with E-state index in [2.05, 4.69) is 52.7 Å². The molecule has 0 unspecified atom stereocenters. The number of aliphatic imine (C=N–C) groups is 1. The van der Waals surface area contributed by atoms with E-state index >= 15 is 0 Å². The maximum Gasteiger partial charge on any atom is 0.0263 e. The molecule has 0 fully saturated rings. The fourth-order valence-electron chi connectivity index (χ4n) is 2.05. The van der Waals surface area contributed by atoms with Gasteiger partial charge in [0.05, 0.1) is 0 Å². The summed E-state index contributed by atoms with van der Waals surface area (Å²) in [5, 5.41) is 0. The highest BCUT2D eigenvalue weighted by Gasteiger charge is 2.21. The topological polar surface area (TPSA) is 12.4 Å². The number of hydrogen-bond donors (Lipinski definition) is 0. The van der Waals surface area contributed by atoms with Gasteiger partial charge in [0, 0.05) is 18.3 Å². The molecule has 1 aliphatic rings. The molecule has 1 heterocycles. The van der Waals surface area contributed by atoms with Crippen molar-refractivity contribution in [1.29, 1.82) is 0 Å². The minimum Gasteiger partial charge on any atom is -0.265 e.